The summed E-state index contributed by atoms with van der Waals surface area (Å²) in [6.45, 7) is 0. The Labute approximate surface area is 246 Å². The number of aliphatic hydroxyl groups excluding tert-OH is 1. The average molecular weight is 598 g/mol. The lowest BCUT2D eigenvalue weighted by Gasteiger charge is -2.40. The predicted molar refractivity (Wildman–Crippen MR) is 150 cm³/mol. The maximum Gasteiger partial charge on any atom is 0.415 e. The Hall–Kier alpha value is -5.04. The van der Waals surface area contributed by atoms with Crippen molar-refractivity contribution in [2.45, 2.75) is 36.8 Å². The zero-order chi connectivity index (χ0) is 31.1. The molecule has 1 spiro atoms. The molecular weight excluding hydrogens is 566 g/mol. The summed E-state index contributed by atoms with van der Waals surface area (Å²) in [5, 5.41) is 13.0. The minimum atomic E-state index is -1.81. The summed E-state index contributed by atoms with van der Waals surface area (Å²) in [6.07, 6.45) is -0.823. The molecule has 2 aromatic rings. The zero-order valence-electron chi connectivity index (χ0n) is 23.9. The molecule has 43 heavy (non-hydrogen) atoms. The van der Waals surface area contributed by atoms with Gasteiger partial charge in [-0.1, -0.05) is 12.1 Å². The van der Waals surface area contributed by atoms with E-state index in [1.807, 2.05) is 5.32 Å². The number of amides is 2. The average Bonchev–Trinajstić information content (AvgIpc) is 3.27. The zero-order valence-corrected chi connectivity index (χ0v) is 23.9. The van der Waals surface area contributed by atoms with Crippen LogP contribution in [-0.4, -0.2) is 81.4 Å². The van der Waals surface area contributed by atoms with E-state index in [-0.39, 0.29) is 12.8 Å². The van der Waals surface area contributed by atoms with Crippen LogP contribution >= 0.6 is 0 Å². The molecule has 1 heterocycles. The van der Waals surface area contributed by atoms with Gasteiger partial charge >= 0.3 is 18.0 Å². The lowest BCUT2D eigenvalue weighted by molar-refractivity contribution is -0.191. The van der Waals surface area contributed by atoms with E-state index in [0.29, 0.717) is 34.1 Å². The van der Waals surface area contributed by atoms with Gasteiger partial charge in [0.1, 0.15) is 18.3 Å². The molecule has 0 unspecified atom stereocenters. The molecule has 0 bridgehead atoms. The van der Waals surface area contributed by atoms with E-state index in [1.165, 1.54) is 40.6 Å². The summed E-state index contributed by atoms with van der Waals surface area (Å²) in [6, 6.07) is 9.96. The van der Waals surface area contributed by atoms with Crippen LogP contribution in [0.25, 0.3) is 12.2 Å². The highest BCUT2D eigenvalue weighted by molar-refractivity contribution is 6.03. The molecule has 2 atom stereocenters. The van der Waals surface area contributed by atoms with E-state index in [1.54, 1.807) is 36.4 Å². The number of benzene rings is 2. The van der Waals surface area contributed by atoms with Gasteiger partial charge in [-0.2, -0.15) is 0 Å². The summed E-state index contributed by atoms with van der Waals surface area (Å²) >= 11 is 0. The molecule has 1 saturated carbocycles. The SMILES string of the molecule is COc1ccc(/C=C/C(=O)O[C@@H]2CC3(C[C@@H](OC(=O)/C=C/c4ccc(OC)c(OC)c4)C2O)OC(=O)NC3=O)cc1OC. The van der Waals surface area contributed by atoms with Gasteiger partial charge in [-0.3, -0.25) is 10.1 Å². The number of hydrogen-bond acceptors (Lipinski definition) is 12. The van der Waals surface area contributed by atoms with Crippen molar-refractivity contribution in [1.29, 1.82) is 0 Å². The van der Waals surface area contributed by atoms with Crippen LogP contribution in [0.3, 0.4) is 0 Å². The summed E-state index contributed by atoms with van der Waals surface area (Å²) < 4.78 is 37.0. The molecule has 0 radical (unpaired) electrons. The minimum absolute atomic E-state index is 0.350. The van der Waals surface area contributed by atoms with Crippen molar-refractivity contribution >= 4 is 36.1 Å². The second-order valence-corrected chi connectivity index (χ2v) is 9.58. The van der Waals surface area contributed by atoms with Gasteiger partial charge in [0.2, 0.25) is 0 Å². The number of carbonyl (C=O) groups is 4. The van der Waals surface area contributed by atoms with Gasteiger partial charge in [-0.05, 0) is 47.5 Å². The second kappa shape index (κ2) is 13.3. The van der Waals surface area contributed by atoms with Gasteiger partial charge in [-0.25, -0.2) is 14.4 Å². The molecule has 2 N–H and O–H groups in total. The monoisotopic (exact) mass is 597 g/mol. The molecule has 1 aliphatic carbocycles. The molecular formula is C30H31NO12. The summed E-state index contributed by atoms with van der Waals surface area (Å²) in [7, 11) is 5.93. The number of ether oxygens (including phenoxy) is 7. The number of carbonyl (C=O) groups excluding carboxylic acids is 4. The standard InChI is InChI=1S/C30H31NO12/c1-37-19-9-5-17(13-21(19)39-3)7-11-25(32)41-23-15-30(28(35)31-29(36)43-30)16-24(27(23)34)42-26(33)12-8-18-6-10-20(38-2)22(14-18)40-4/h5-14,23-24,27,34H,15-16H2,1-4H3,(H,31,35,36)/b11-7+,12-8+/t23-,24-,27?,30?/m1/s1. The Kier molecular flexibility index (Phi) is 9.56. The first kappa shape index (κ1) is 30.9. The van der Waals surface area contributed by atoms with Crippen LogP contribution in [0, 0.1) is 0 Å². The van der Waals surface area contributed by atoms with Gasteiger partial charge in [-0.15, -0.1) is 0 Å². The van der Waals surface area contributed by atoms with E-state index in [2.05, 4.69) is 0 Å². The van der Waals surface area contributed by atoms with Crippen molar-refractivity contribution in [2.24, 2.45) is 0 Å². The fraction of sp³-hybridized carbons (Fsp3) is 0.333. The minimum Gasteiger partial charge on any atom is -0.493 e. The number of esters is 2. The van der Waals surface area contributed by atoms with Crippen LogP contribution in [0.15, 0.2) is 48.6 Å². The van der Waals surface area contributed by atoms with E-state index >= 15 is 0 Å². The van der Waals surface area contributed by atoms with Crippen molar-refractivity contribution in [3.05, 3.63) is 59.7 Å². The Balaban J connectivity index is 1.49. The Bertz CT molecular complexity index is 1360. The first-order chi connectivity index (χ1) is 20.6. The summed E-state index contributed by atoms with van der Waals surface area (Å²) in [5.41, 5.74) is -0.633. The highest BCUT2D eigenvalue weighted by Crippen LogP contribution is 2.38. The van der Waals surface area contributed by atoms with Crippen LogP contribution in [0.2, 0.25) is 0 Å². The van der Waals surface area contributed by atoms with E-state index in [0.717, 1.165) is 12.2 Å². The highest BCUT2D eigenvalue weighted by Gasteiger charge is 2.58. The van der Waals surface area contributed by atoms with Crippen molar-refractivity contribution in [3.8, 4) is 23.0 Å². The molecule has 228 valence electrons. The molecule has 2 amide bonds. The van der Waals surface area contributed by atoms with E-state index < -0.39 is 47.9 Å². The topological polar surface area (TPSA) is 165 Å². The first-order valence-corrected chi connectivity index (χ1v) is 13.0. The fourth-order valence-corrected chi connectivity index (χ4v) is 4.78. The summed E-state index contributed by atoms with van der Waals surface area (Å²) in [4.78, 5) is 50.0. The van der Waals surface area contributed by atoms with Gasteiger partial charge in [0.15, 0.2) is 28.6 Å². The predicted octanol–water partition coefficient (Wildman–Crippen LogP) is 2.43. The van der Waals surface area contributed by atoms with Crippen LogP contribution < -0.4 is 24.3 Å². The third kappa shape index (κ3) is 7.07. The molecule has 2 fully saturated rings. The maximum atomic E-state index is 12.7. The number of methoxy groups -OCH3 is 4. The molecule has 13 nitrogen and oxygen atoms in total. The third-order valence-corrected chi connectivity index (χ3v) is 6.92. The highest BCUT2D eigenvalue weighted by atomic mass is 16.6. The smallest absolute Gasteiger partial charge is 0.415 e. The van der Waals surface area contributed by atoms with Crippen LogP contribution in [0.4, 0.5) is 4.79 Å². The normalized spacial score (nSPS) is 23.1. The van der Waals surface area contributed by atoms with Gasteiger partial charge < -0.3 is 38.3 Å². The molecule has 4 rings (SSSR count). The second-order valence-electron chi connectivity index (χ2n) is 9.58. The molecule has 2 aliphatic rings. The first-order valence-electron chi connectivity index (χ1n) is 13.0. The van der Waals surface area contributed by atoms with E-state index in [9.17, 15) is 24.3 Å². The molecule has 1 aliphatic heterocycles. The van der Waals surface area contributed by atoms with Crippen molar-refractivity contribution in [1.82, 2.24) is 5.32 Å². The Morgan fingerprint density at radius 1 is 0.791 bits per heavy atom. The van der Waals surface area contributed by atoms with Crippen LogP contribution in [0.1, 0.15) is 24.0 Å². The molecule has 2 aromatic carbocycles. The van der Waals surface area contributed by atoms with Crippen molar-refractivity contribution < 1.29 is 57.4 Å². The number of hydrogen-bond donors (Lipinski definition) is 2. The van der Waals surface area contributed by atoms with Crippen molar-refractivity contribution in [2.75, 3.05) is 28.4 Å². The quantitative estimate of drug-likeness (QED) is 0.234. The van der Waals surface area contributed by atoms with Gasteiger partial charge in [0.05, 0.1) is 28.4 Å². The molecule has 0 aromatic heterocycles. The largest absolute Gasteiger partial charge is 0.493 e. The lowest BCUT2D eigenvalue weighted by Crippen LogP contribution is -2.58. The molecule has 13 heteroatoms. The van der Waals surface area contributed by atoms with Gasteiger partial charge in [0, 0.05) is 25.0 Å². The number of rotatable bonds is 10. The fourth-order valence-electron chi connectivity index (χ4n) is 4.78. The van der Waals surface area contributed by atoms with Crippen LogP contribution in [-0.2, 0) is 28.6 Å². The van der Waals surface area contributed by atoms with Gasteiger partial charge in [0.25, 0.3) is 5.91 Å². The lowest BCUT2D eigenvalue weighted by atomic mass is 9.79. The van der Waals surface area contributed by atoms with E-state index in [4.69, 9.17) is 33.2 Å². The summed E-state index contributed by atoms with van der Waals surface area (Å²) in [5.74, 6) is -0.628. The Morgan fingerprint density at radius 3 is 1.60 bits per heavy atom. The number of imide groups is 1. The van der Waals surface area contributed by atoms with Crippen molar-refractivity contribution in [3.63, 3.8) is 0 Å². The Morgan fingerprint density at radius 2 is 1.23 bits per heavy atom. The van der Waals surface area contributed by atoms with Crippen LogP contribution in [0.5, 0.6) is 23.0 Å². The molecule has 1 saturated heterocycles. The third-order valence-electron chi connectivity index (χ3n) is 6.92. The maximum absolute atomic E-state index is 12.7. The number of aliphatic hydroxyl groups is 1. The number of nitrogens with one attached hydrogen (secondary N) is 1. The number of alkyl carbamates (subject to hydrolysis) is 1.